The second-order valence-corrected chi connectivity index (χ2v) is 6.69. The maximum atomic E-state index is 12.5. The molecule has 0 heterocycles. The molecule has 0 aromatic heterocycles. The summed E-state index contributed by atoms with van der Waals surface area (Å²) in [5.41, 5.74) is 1.16. The normalized spacial score (nSPS) is 11.2. The molecule has 0 atom stereocenters. The van der Waals surface area contributed by atoms with E-state index in [1.807, 2.05) is 42.5 Å². The maximum Gasteiger partial charge on any atom is 0.573 e. The van der Waals surface area contributed by atoms with E-state index >= 15 is 0 Å². The smallest absolute Gasteiger partial charge is 0.406 e. The molecule has 3 aromatic carbocycles. The number of alkyl halides is 3. The van der Waals surface area contributed by atoms with Crippen molar-refractivity contribution < 1.29 is 27.5 Å². The van der Waals surface area contributed by atoms with Gasteiger partial charge in [0.05, 0.1) is 13.0 Å². The summed E-state index contributed by atoms with van der Waals surface area (Å²) in [4.78, 5) is 26.0. The molecular weight excluding hydrogens is 397 g/mol. The summed E-state index contributed by atoms with van der Waals surface area (Å²) in [5, 5.41) is 4.55. The number of likely N-dealkylation sites (N-methyl/N-ethyl adjacent to an activating group) is 1. The van der Waals surface area contributed by atoms with Crippen LogP contribution in [0.3, 0.4) is 0 Å². The van der Waals surface area contributed by atoms with Gasteiger partial charge in [-0.15, -0.1) is 13.2 Å². The van der Waals surface area contributed by atoms with Crippen molar-refractivity contribution in [3.63, 3.8) is 0 Å². The molecule has 0 saturated carbocycles. The Kier molecular flexibility index (Phi) is 6.25. The number of amides is 2. The third-order valence-electron chi connectivity index (χ3n) is 4.40. The molecule has 0 saturated heterocycles. The Morgan fingerprint density at radius 1 is 0.967 bits per heavy atom. The third-order valence-corrected chi connectivity index (χ3v) is 4.40. The summed E-state index contributed by atoms with van der Waals surface area (Å²) in [6, 6.07) is 18.2. The molecule has 0 bridgehead atoms. The Morgan fingerprint density at radius 2 is 1.63 bits per heavy atom. The number of hydrogen-bond acceptors (Lipinski definition) is 3. The quantitative estimate of drug-likeness (QED) is 0.649. The van der Waals surface area contributed by atoms with Crippen LogP contribution in [-0.2, 0) is 16.0 Å². The highest BCUT2D eigenvalue weighted by atomic mass is 19.4. The lowest BCUT2D eigenvalue weighted by atomic mass is 10.0. The Balaban J connectivity index is 1.56. The van der Waals surface area contributed by atoms with Gasteiger partial charge >= 0.3 is 6.36 Å². The molecule has 0 aliphatic rings. The van der Waals surface area contributed by atoms with Crippen molar-refractivity contribution in [3.05, 3.63) is 72.3 Å². The van der Waals surface area contributed by atoms with Gasteiger partial charge < -0.3 is 15.0 Å². The topological polar surface area (TPSA) is 58.6 Å². The van der Waals surface area contributed by atoms with Gasteiger partial charge in [0.25, 0.3) is 0 Å². The van der Waals surface area contributed by atoms with Crippen LogP contribution in [0, 0.1) is 0 Å². The average molecular weight is 416 g/mol. The van der Waals surface area contributed by atoms with E-state index in [9.17, 15) is 22.8 Å². The molecule has 8 heteroatoms. The largest absolute Gasteiger partial charge is 0.573 e. The Hall–Kier alpha value is -3.55. The van der Waals surface area contributed by atoms with Gasteiger partial charge in [0.15, 0.2) is 0 Å². The van der Waals surface area contributed by atoms with Gasteiger partial charge in [-0.25, -0.2) is 0 Å². The Morgan fingerprint density at radius 3 is 2.33 bits per heavy atom. The van der Waals surface area contributed by atoms with Gasteiger partial charge in [-0.3, -0.25) is 9.59 Å². The minimum absolute atomic E-state index is 0.147. The van der Waals surface area contributed by atoms with Crippen molar-refractivity contribution in [2.24, 2.45) is 0 Å². The number of fused-ring (bicyclic) bond motifs is 1. The van der Waals surface area contributed by atoms with E-state index in [-0.39, 0.29) is 24.6 Å². The predicted molar refractivity (Wildman–Crippen MR) is 107 cm³/mol. The Labute approximate surface area is 171 Å². The molecule has 0 spiro atoms. The molecule has 156 valence electrons. The second kappa shape index (κ2) is 8.86. The van der Waals surface area contributed by atoms with Crippen LogP contribution in [-0.4, -0.2) is 36.7 Å². The maximum absolute atomic E-state index is 12.5. The summed E-state index contributed by atoms with van der Waals surface area (Å²) in [7, 11) is 1.52. The van der Waals surface area contributed by atoms with Crippen LogP contribution >= 0.6 is 0 Å². The lowest BCUT2D eigenvalue weighted by Gasteiger charge is -2.17. The minimum atomic E-state index is -4.78. The molecule has 0 aliphatic carbocycles. The molecule has 30 heavy (non-hydrogen) atoms. The predicted octanol–water partition coefficient (Wildman–Crippen LogP) is 4.38. The monoisotopic (exact) mass is 416 g/mol. The molecular formula is C22H19F3N2O3. The van der Waals surface area contributed by atoms with Crippen molar-refractivity contribution in [2.45, 2.75) is 12.8 Å². The Bertz CT molecular complexity index is 1040. The van der Waals surface area contributed by atoms with E-state index in [4.69, 9.17) is 0 Å². The number of carbonyl (C=O) groups excluding carboxylic acids is 2. The molecule has 0 radical (unpaired) electrons. The highest BCUT2D eigenvalue weighted by molar-refractivity contribution is 5.95. The number of benzene rings is 3. The van der Waals surface area contributed by atoms with E-state index in [0.29, 0.717) is 5.69 Å². The van der Waals surface area contributed by atoms with Crippen LogP contribution < -0.4 is 10.1 Å². The van der Waals surface area contributed by atoms with E-state index in [0.717, 1.165) is 28.5 Å². The van der Waals surface area contributed by atoms with Crippen molar-refractivity contribution >= 4 is 28.3 Å². The van der Waals surface area contributed by atoms with Crippen LogP contribution in [0.15, 0.2) is 66.7 Å². The fraction of sp³-hybridized carbons (Fsp3) is 0.182. The fourth-order valence-corrected chi connectivity index (χ4v) is 2.99. The van der Waals surface area contributed by atoms with Crippen molar-refractivity contribution in [2.75, 3.05) is 18.9 Å². The van der Waals surface area contributed by atoms with E-state index < -0.39 is 12.3 Å². The van der Waals surface area contributed by atoms with Crippen LogP contribution in [0.25, 0.3) is 10.8 Å². The highest BCUT2D eigenvalue weighted by Gasteiger charge is 2.31. The van der Waals surface area contributed by atoms with Crippen molar-refractivity contribution in [1.29, 1.82) is 0 Å². The summed E-state index contributed by atoms with van der Waals surface area (Å²) >= 11 is 0. The zero-order valence-corrected chi connectivity index (χ0v) is 16.1. The number of nitrogens with zero attached hydrogens (tertiary/aromatic N) is 1. The fourth-order valence-electron chi connectivity index (χ4n) is 2.99. The molecule has 3 rings (SSSR count). The van der Waals surface area contributed by atoms with Gasteiger partial charge in [0.1, 0.15) is 5.75 Å². The van der Waals surface area contributed by atoms with Crippen LogP contribution in [0.4, 0.5) is 18.9 Å². The number of halogens is 3. The highest BCUT2D eigenvalue weighted by Crippen LogP contribution is 2.24. The SMILES string of the molecule is CN(CC(=O)Nc1ccc(OC(F)(F)F)cc1)C(=O)Cc1cccc2ccccc12. The number of carbonyl (C=O) groups is 2. The summed E-state index contributed by atoms with van der Waals surface area (Å²) in [6.07, 6.45) is -4.63. The number of rotatable bonds is 6. The third kappa shape index (κ3) is 5.73. The molecule has 1 N–H and O–H groups in total. The molecule has 0 fully saturated rings. The first kappa shape index (κ1) is 21.2. The lowest BCUT2D eigenvalue weighted by molar-refractivity contribution is -0.274. The van der Waals surface area contributed by atoms with Crippen molar-refractivity contribution in [1.82, 2.24) is 4.90 Å². The second-order valence-electron chi connectivity index (χ2n) is 6.69. The molecule has 0 unspecified atom stereocenters. The van der Waals surface area contributed by atoms with Crippen LogP contribution in [0.2, 0.25) is 0 Å². The molecule has 5 nitrogen and oxygen atoms in total. The van der Waals surface area contributed by atoms with E-state index in [1.165, 1.54) is 24.1 Å². The summed E-state index contributed by atoms with van der Waals surface area (Å²) in [6.45, 7) is -0.190. The average Bonchev–Trinajstić information content (AvgIpc) is 2.68. The lowest BCUT2D eigenvalue weighted by Crippen LogP contribution is -2.35. The summed E-state index contributed by atoms with van der Waals surface area (Å²) < 4.78 is 40.3. The first-order chi connectivity index (χ1) is 14.2. The molecule has 2 amide bonds. The molecule has 0 aliphatic heterocycles. The standard InChI is InChI=1S/C22H19F3N2O3/c1-27(21(29)13-16-7-4-6-15-5-2-3-8-19(15)16)14-20(28)26-17-9-11-18(12-10-17)30-22(23,24)25/h2-12H,13-14H2,1H3,(H,26,28). The van der Waals surface area contributed by atoms with Gasteiger partial charge in [0, 0.05) is 12.7 Å². The molecule has 3 aromatic rings. The zero-order chi connectivity index (χ0) is 21.7. The van der Waals surface area contributed by atoms with Crippen molar-refractivity contribution in [3.8, 4) is 5.75 Å². The van der Waals surface area contributed by atoms with Gasteiger partial charge in [-0.2, -0.15) is 0 Å². The zero-order valence-electron chi connectivity index (χ0n) is 16.1. The van der Waals surface area contributed by atoms with Gasteiger partial charge in [-0.05, 0) is 40.6 Å². The number of nitrogens with one attached hydrogen (secondary N) is 1. The first-order valence-corrected chi connectivity index (χ1v) is 9.07. The summed E-state index contributed by atoms with van der Waals surface area (Å²) in [5.74, 6) is -1.08. The van der Waals surface area contributed by atoms with Gasteiger partial charge in [-0.1, -0.05) is 42.5 Å². The van der Waals surface area contributed by atoms with Gasteiger partial charge in [0.2, 0.25) is 11.8 Å². The first-order valence-electron chi connectivity index (χ1n) is 9.07. The number of ether oxygens (including phenoxy) is 1. The van der Waals surface area contributed by atoms with E-state index in [2.05, 4.69) is 10.1 Å². The number of anilines is 1. The van der Waals surface area contributed by atoms with Crippen LogP contribution in [0.1, 0.15) is 5.56 Å². The minimum Gasteiger partial charge on any atom is -0.406 e. The van der Waals surface area contributed by atoms with Crippen LogP contribution in [0.5, 0.6) is 5.75 Å². The van der Waals surface area contributed by atoms with E-state index in [1.54, 1.807) is 0 Å². The number of hydrogen-bond donors (Lipinski definition) is 1.